The lowest BCUT2D eigenvalue weighted by molar-refractivity contribution is -0.384. The summed E-state index contributed by atoms with van der Waals surface area (Å²) in [5.41, 5.74) is 0.669. The lowest BCUT2D eigenvalue weighted by atomic mass is 9.78. The fraction of sp³-hybridized carbons (Fsp3) is 0.476. The van der Waals surface area contributed by atoms with E-state index in [2.05, 4.69) is 24.1 Å². The molecule has 3 rings (SSSR count). The minimum atomic E-state index is -0.778. The van der Waals surface area contributed by atoms with Gasteiger partial charge in [-0.3, -0.25) is 14.9 Å². The summed E-state index contributed by atoms with van der Waals surface area (Å²) in [5.74, 6) is -0.260. The van der Waals surface area contributed by atoms with Gasteiger partial charge in [-0.1, -0.05) is 38.5 Å². The molecule has 1 amide bonds. The monoisotopic (exact) mass is 463 g/mol. The van der Waals surface area contributed by atoms with E-state index in [1.54, 1.807) is 0 Å². The number of ether oxygens (including phenoxy) is 1. The largest absolute Gasteiger partial charge is 0.452 e. The van der Waals surface area contributed by atoms with E-state index < -0.39 is 17.5 Å². The Bertz CT molecular complexity index is 978. The van der Waals surface area contributed by atoms with Gasteiger partial charge in [0.2, 0.25) is 0 Å². The van der Waals surface area contributed by atoms with E-state index in [0.29, 0.717) is 21.1 Å². The summed E-state index contributed by atoms with van der Waals surface area (Å²) in [6.45, 7) is 5.72. The molecule has 3 atom stereocenters. The first-order valence-electron chi connectivity index (χ1n) is 10.1. The van der Waals surface area contributed by atoms with E-state index in [9.17, 15) is 19.7 Å². The summed E-state index contributed by atoms with van der Waals surface area (Å²) < 4.78 is 5.91. The Morgan fingerprint density at radius 1 is 1.35 bits per heavy atom. The van der Waals surface area contributed by atoms with Crippen molar-refractivity contribution in [1.29, 1.82) is 0 Å². The molecule has 1 aliphatic carbocycles. The van der Waals surface area contributed by atoms with Crippen LogP contribution >= 0.6 is 23.1 Å². The van der Waals surface area contributed by atoms with E-state index >= 15 is 0 Å². The predicted octanol–water partition coefficient (Wildman–Crippen LogP) is 4.61. The molecule has 1 heterocycles. The summed E-state index contributed by atoms with van der Waals surface area (Å²) in [6.07, 6.45) is 3.11. The minimum absolute atomic E-state index is 0.0412. The number of hydrogen-bond acceptors (Lipinski definition) is 8. The summed E-state index contributed by atoms with van der Waals surface area (Å²) in [6, 6.07) is 4.07. The molecule has 0 radical (unpaired) electrons. The van der Waals surface area contributed by atoms with Crippen LogP contribution in [0.2, 0.25) is 0 Å². The van der Waals surface area contributed by atoms with Crippen LogP contribution in [0.15, 0.2) is 32.8 Å². The molecule has 0 spiro atoms. The van der Waals surface area contributed by atoms with Crippen LogP contribution in [0.4, 0.5) is 5.69 Å². The van der Waals surface area contributed by atoms with Crippen molar-refractivity contribution >= 4 is 40.7 Å². The number of nitrogens with one attached hydrogen (secondary N) is 1. The Balaban J connectivity index is 1.68. The Hall–Kier alpha value is -2.46. The molecule has 0 bridgehead atoms. The lowest BCUT2D eigenvalue weighted by Crippen LogP contribution is -2.45. The molecular weight excluding hydrogens is 438 g/mol. The van der Waals surface area contributed by atoms with Gasteiger partial charge in [0.25, 0.3) is 11.6 Å². The predicted molar refractivity (Wildman–Crippen MR) is 118 cm³/mol. The lowest BCUT2D eigenvalue weighted by Gasteiger charge is -2.34. The van der Waals surface area contributed by atoms with Gasteiger partial charge in [-0.15, -0.1) is 11.3 Å². The van der Waals surface area contributed by atoms with Crippen LogP contribution in [0.25, 0.3) is 0 Å². The molecule has 1 saturated carbocycles. The second kappa shape index (κ2) is 10.2. The number of non-ortho nitro benzene ring substituents is 1. The van der Waals surface area contributed by atoms with Gasteiger partial charge in [-0.2, -0.15) is 0 Å². The summed E-state index contributed by atoms with van der Waals surface area (Å²) in [5, 5.41) is 16.0. The van der Waals surface area contributed by atoms with Gasteiger partial charge >= 0.3 is 5.97 Å². The fourth-order valence-electron chi connectivity index (χ4n) is 3.60. The number of nitro benzene ring substituents is 1. The first kappa shape index (κ1) is 23.2. The van der Waals surface area contributed by atoms with Crippen molar-refractivity contribution < 1.29 is 19.2 Å². The summed E-state index contributed by atoms with van der Waals surface area (Å²) in [4.78, 5) is 40.5. The van der Waals surface area contributed by atoms with Crippen molar-refractivity contribution in [3.05, 3.63) is 45.0 Å². The molecule has 1 fully saturated rings. The smallest absolute Gasteiger partial charge is 0.340 e. The fourth-order valence-corrected chi connectivity index (χ4v) is 5.49. The molecular formula is C21H25N3O5S2. The zero-order valence-electron chi connectivity index (χ0n) is 17.6. The van der Waals surface area contributed by atoms with Crippen LogP contribution in [-0.4, -0.2) is 34.4 Å². The number of esters is 1. The third kappa shape index (κ3) is 6.04. The normalized spacial score (nSPS) is 20.8. The van der Waals surface area contributed by atoms with Crippen molar-refractivity contribution in [2.75, 3.05) is 6.61 Å². The van der Waals surface area contributed by atoms with Crippen LogP contribution in [0, 0.1) is 28.9 Å². The number of nitro groups is 1. The van der Waals surface area contributed by atoms with Gasteiger partial charge in [0, 0.05) is 34.1 Å². The second-order valence-corrected chi connectivity index (χ2v) is 9.96. The maximum atomic E-state index is 12.7. The summed E-state index contributed by atoms with van der Waals surface area (Å²) in [7, 11) is 0. The van der Waals surface area contributed by atoms with E-state index in [4.69, 9.17) is 4.74 Å². The standard InChI is InChI=1S/C21H25N3O5S2/c1-12-5-4-6-17(14(12)3)23-19(25)10-29-20(26)16-9-15(24(27)28)7-8-18(16)31-21-22-13(2)11-30-21/h7-9,11-12,14,17H,4-6,10H2,1-3H3,(H,23,25)/t12-,14-,17-/m0/s1. The van der Waals surface area contributed by atoms with Crippen molar-refractivity contribution in [2.24, 2.45) is 11.8 Å². The van der Waals surface area contributed by atoms with Gasteiger partial charge in [-0.05, 0) is 31.2 Å². The van der Waals surface area contributed by atoms with E-state index in [0.717, 1.165) is 25.0 Å². The topological polar surface area (TPSA) is 111 Å². The van der Waals surface area contributed by atoms with Crippen LogP contribution < -0.4 is 5.32 Å². The number of nitrogens with zero attached hydrogens (tertiary/aromatic N) is 2. The van der Waals surface area contributed by atoms with Crippen LogP contribution in [0.5, 0.6) is 0 Å². The number of carbonyl (C=O) groups excluding carboxylic acids is 2. The highest BCUT2D eigenvalue weighted by molar-refractivity contribution is 8.01. The van der Waals surface area contributed by atoms with E-state index in [1.807, 2.05) is 12.3 Å². The van der Waals surface area contributed by atoms with Crippen molar-refractivity contribution in [3.63, 3.8) is 0 Å². The number of hydrogen-bond donors (Lipinski definition) is 1. The first-order chi connectivity index (χ1) is 14.7. The van der Waals surface area contributed by atoms with E-state index in [-0.39, 0.29) is 23.2 Å². The third-order valence-electron chi connectivity index (χ3n) is 5.58. The number of aromatic nitrogens is 1. The highest BCUT2D eigenvalue weighted by Crippen LogP contribution is 2.35. The molecule has 2 aromatic rings. The third-order valence-corrected chi connectivity index (χ3v) is 7.71. The average Bonchev–Trinajstić information content (AvgIpc) is 3.14. The quantitative estimate of drug-likeness (QED) is 0.362. The SMILES string of the molecule is Cc1csc(Sc2ccc([N+](=O)[O-])cc2C(=O)OCC(=O)N[C@H]2CCC[C@H](C)[C@@H]2C)n1. The molecule has 1 aromatic heterocycles. The van der Waals surface area contributed by atoms with Gasteiger partial charge in [0.1, 0.15) is 0 Å². The number of benzene rings is 1. The first-order valence-corrected chi connectivity index (χ1v) is 11.8. The van der Waals surface area contributed by atoms with Crippen molar-refractivity contribution in [1.82, 2.24) is 10.3 Å². The highest BCUT2D eigenvalue weighted by Gasteiger charge is 2.28. The van der Waals surface area contributed by atoms with Gasteiger partial charge in [-0.25, -0.2) is 9.78 Å². The Morgan fingerprint density at radius 2 is 2.13 bits per heavy atom. The number of thiazole rings is 1. The molecule has 1 aromatic carbocycles. The molecule has 166 valence electrons. The number of amides is 1. The molecule has 31 heavy (non-hydrogen) atoms. The molecule has 8 nitrogen and oxygen atoms in total. The zero-order chi connectivity index (χ0) is 22.5. The molecule has 1 N–H and O–H groups in total. The Kier molecular flexibility index (Phi) is 7.66. The molecule has 1 aliphatic rings. The Labute approximate surface area is 188 Å². The van der Waals surface area contributed by atoms with Gasteiger partial charge in [0.05, 0.1) is 10.5 Å². The highest BCUT2D eigenvalue weighted by atomic mass is 32.2. The number of carbonyl (C=O) groups is 2. The second-order valence-electron chi connectivity index (χ2n) is 7.81. The molecule has 0 unspecified atom stereocenters. The maximum absolute atomic E-state index is 12.7. The van der Waals surface area contributed by atoms with Gasteiger partial charge in [0.15, 0.2) is 10.9 Å². The molecule has 10 heteroatoms. The maximum Gasteiger partial charge on any atom is 0.340 e. The zero-order valence-corrected chi connectivity index (χ0v) is 19.3. The van der Waals surface area contributed by atoms with Crippen LogP contribution in [0.1, 0.15) is 49.2 Å². The Morgan fingerprint density at radius 3 is 2.81 bits per heavy atom. The average molecular weight is 464 g/mol. The number of aryl methyl sites for hydroxylation is 1. The number of rotatable bonds is 7. The van der Waals surface area contributed by atoms with Crippen LogP contribution in [0.3, 0.4) is 0 Å². The van der Waals surface area contributed by atoms with E-state index in [1.165, 1.54) is 41.3 Å². The summed E-state index contributed by atoms with van der Waals surface area (Å²) >= 11 is 2.65. The van der Waals surface area contributed by atoms with Crippen molar-refractivity contribution in [3.8, 4) is 0 Å². The molecule has 0 aliphatic heterocycles. The van der Waals surface area contributed by atoms with Gasteiger partial charge < -0.3 is 10.1 Å². The van der Waals surface area contributed by atoms with Crippen LogP contribution in [-0.2, 0) is 9.53 Å². The van der Waals surface area contributed by atoms with Crippen molar-refractivity contribution in [2.45, 2.75) is 55.3 Å². The molecule has 0 saturated heterocycles. The minimum Gasteiger partial charge on any atom is -0.452 e.